The van der Waals surface area contributed by atoms with Crippen molar-refractivity contribution in [3.63, 3.8) is 0 Å². The Hall–Kier alpha value is -2.16. The maximum atomic E-state index is 8.36. The lowest BCUT2D eigenvalue weighted by molar-refractivity contribution is 0.968. The molecule has 2 rings (SSSR count). The molecule has 0 saturated heterocycles. The molecule has 3 nitrogen and oxygen atoms in total. The highest BCUT2D eigenvalue weighted by Gasteiger charge is 2.10. The van der Waals surface area contributed by atoms with Crippen molar-refractivity contribution in [2.75, 3.05) is 11.9 Å². The van der Waals surface area contributed by atoms with Crippen LogP contribution in [-0.2, 0) is 0 Å². The molecule has 19 heavy (non-hydrogen) atoms. The van der Waals surface area contributed by atoms with Gasteiger partial charge in [0, 0.05) is 23.9 Å². The number of hydrogen-bond donors (Lipinski definition) is 2. The Bertz CT molecular complexity index is 576. The first-order valence-electron chi connectivity index (χ1n) is 6.57. The molecule has 0 bridgehead atoms. The van der Waals surface area contributed by atoms with E-state index in [1.54, 1.807) is 6.20 Å². The number of hydrogen-bond acceptors (Lipinski definition) is 3. The second-order valence-corrected chi connectivity index (χ2v) is 4.57. The molecule has 1 aromatic carbocycles. The SMILES string of the molecule is CCCNc1ncccc1C(=N)c1cccc(C)c1. The fourth-order valence-electron chi connectivity index (χ4n) is 1.95. The first kappa shape index (κ1) is 13.3. The second kappa shape index (κ2) is 6.14. The highest BCUT2D eigenvalue weighted by molar-refractivity contribution is 6.13. The lowest BCUT2D eigenvalue weighted by Gasteiger charge is -2.11. The number of aromatic nitrogens is 1. The molecular weight excluding hydrogens is 234 g/mol. The maximum absolute atomic E-state index is 8.36. The van der Waals surface area contributed by atoms with Crippen LogP contribution in [0.4, 0.5) is 5.82 Å². The molecule has 0 aliphatic rings. The van der Waals surface area contributed by atoms with E-state index in [1.165, 1.54) is 0 Å². The molecule has 98 valence electrons. The fraction of sp³-hybridized carbons (Fsp3) is 0.250. The third-order valence-corrected chi connectivity index (χ3v) is 2.93. The normalized spacial score (nSPS) is 10.2. The summed E-state index contributed by atoms with van der Waals surface area (Å²) in [6.45, 7) is 5.02. The van der Waals surface area contributed by atoms with Gasteiger partial charge in [-0.3, -0.25) is 5.41 Å². The largest absolute Gasteiger partial charge is 0.370 e. The van der Waals surface area contributed by atoms with E-state index in [0.717, 1.165) is 35.5 Å². The third kappa shape index (κ3) is 3.19. The lowest BCUT2D eigenvalue weighted by atomic mass is 10.0. The number of anilines is 1. The van der Waals surface area contributed by atoms with Gasteiger partial charge in [0.15, 0.2) is 0 Å². The quantitative estimate of drug-likeness (QED) is 0.799. The van der Waals surface area contributed by atoms with Gasteiger partial charge < -0.3 is 5.32 Å². The molecule has 0 fully saturated rings. The van der Waals surface area contributed by atoms with Gasteiger partial charge in [0.25, 0.3) is 0 Å². The van der Waals surface area contributed by atoms with Crippen LogP contribution in [0.2, 0.25) is 0 Å². The molecule has 3 heteroatoms. The third-order valence-electron chi connectivity index (χ3n) is 2.93. The van der Waals surface area contributed by atoms with Gasteiger partial charge in [0.2, 0.25) is 0 Å². The van der Waals surface area contributed by atoms with Crippen molar-refractivity contribution in [3.05, 3.63) is 59.3 Å². The molecule has 0 spiro atoms. The minimum absolute atomic E-state index is 0.510. The summed E-state index contributed by atoms with van der Waals surface area (Å²) in [5.74, 6) is 0.788. The summed E-state index contributed by atoms with van der Waals surface area (Å²) in [7, 11) is 0. The van der Waals surface area contributed by atoms with Crippen molar-refractivity contribution in [2.24, 2.45) is 0 Å². The van der Waals surface area contributed by atoms with E-state index in [1.807, 2.05) is 43.3 Å². The summed E-state index contributed by atoms with van der Waals surface area (Å²) < 4.78 is 0. The Labute approximate surface area is 114 Å². The first-order chi connectivity index (χ1) is 9.22. The van der Waals surface area contributed by atoms with Crippen molar-refractivity contribution >= 4 is 11.5 Å². The molecule has 0 aliphatic carbocycles. The zero-order chi connectivity index (χ0) is 13.7. The van der Waals surface area contributed by atoms with Gasteiger partial charge >= 0.3 is 0 Å². The Morgan fingerprint density at radius 3 is 2.84 bits per heavy atom. The highest BCUT2D eigenvalue weighted by Crippen LogP contribution is 2.17. The van der Waals surface area contributed by atoms with Crippen LogP contribution in [0.5, 0.6) is 0 Å². The van der Waals surface area contributed by atoms with Crippen LogP contribution < -0.4 is 5.32 Å². The summed E-state index contributed by atoms with van der Waals surface area (Å²) in [6, 6.07) is 11.8. The molecule has 2 N–H and O–H groups in total. The average molecular weight is 253 g/mol. The van der Waals surface area contributed by atoms with Crippen molar-refractivity contribution in [1.82, 2.24) is 4.98 Å². The zero-order valence-corrected chi connectivity index (χ0v) is 11.4. The predicted octanol–water partition coefficient (Wildman–Crippen LogP) is 3.63. The average Bonchev–Trinajstić information content (AvgIpc) is 2.44. The van der Waals surface area contributed by atoms with Gasteiger partial charge in [0.05, 0.1) is 5.71 Å². The summed E-state index contributed by atoms with van der Waals surface area (Å²) in [5, 5.41) is 11.6. The van der Waals surface area contributed by atoms with Gasteiger partial charge in [-0.15, -0.1) is 0 Å². The van der Waals surface area contributed by atoms with Crippen molar-refractivity contribution < 1.29 is 0 Å². The van der Waals surface area contributed by atoms with E-state index >= 15 is 0 Å². The Kier molecular flexibility index (Phi) is 4.29. The first-order valence-corrected chi connectivity index (χ1v) is 6.57. The molecule has 0 atom stereocenters. The number of aryl methyl sites for hydroxylation is 1. The van der Waals surface area contributed by atoms with Gasteiger partial charge in [-0.05, 0) is 31.5 Å². The van der Waals surface area contributed by atoms with E-state index in [9.17, 15) is 0 Å². The summed E-state index contributed by atoms with van der Waals surface area (Å²) in [6.07, 6.45) is 2.79. The van der Waals surface area contributed by atoms with Crippen molar-refractivity contribution in [1.29, 1.82) is 5.41 Å². The monoisotopic (exact) mass is 253 g/mol. The minimum Gasteiger partial charge on any atom is -0.370 e. The van der Waals surface area contributed by atoms with Gasteiger partial charge in [-0.25, -0.2) is 4.98 Å². The number of nitrogens with one attached hydrogen (secondary N) is 2. The van der Waals surface area contributed by atoms with Gasteiger partial charge in [0.1, 0.15) is 5.82 Å². The fourth-order valence-corrected chi connectivity index (χ4v) is 1.95. The molecule has 0 radical (unpaired) electrons. The van der Waals surface area contributed by atoms with Gasteiger partial charge in [-0.1, -0.05) is 30.7 Å². The Balaban J connectivity index is 2.33. The molecule has 2 aromatic rings. The van der Waals surface area contributed by atoms with E-state index in [4.69, 9.17) is 5.41 Å². The van der Waals surface area contributed by atoms with Crippen LogP contribution in [0.1, 0.15) is 30.0 Å². The summed E-state index contributed by atoms with van der Waals surface area (Å²) in [5.41, 5.74) is 3.44. The molecule has 0 unspecified atom stereocenters. The molecule has 0 aliphatic heterocycles. The van der Waals surface area contributed by atoms with Crippen LogP contribution in [-0.4, -0.2) is 17.2 Å². The van der Waals surface area contributed by atoms with Crippen LogP contribution in [0.15, 0.2) is 42.6 Å². The lowest BCUT2D eigenvalue weighted by Crippen LogP contribution is -2.10. The van der Waals surface area contributed by atoms with E-state index in [2.05, 4.69) is 17.2 Å². The topological polar surface area (TPSA) is 48.8 Å². The van der Waals surface area contributed by atoms with Crippen LogP contribution >= 0.6 is 0 Å². The molecule has 0 saturated carbocycles. The highest BCUT2D eigenvalue weighted by atomic mass is 15.0. The smallest absolute Gasteiger partial charge is 0.135 e. The number of benzene rings is 1. The van der Waals surface area contributed by atoms with E-state index in [-0.39, 0.29) is 0 Å². The van der Waals surface area contributed by atoms with Crippen molar-refractivity contribution in [3.8, 4) is 0 Å². The molecule has 1 heterocycles. The van der Waals surface area contributed by atoms with Crippen molar-refractivity contribution in [2.45, 2.75) is 20.3 Å². The van der Waals surface area contributed by atoms with Crippen LogP contribution in [0, 0.1) is 12.3 Å². The maximum Gasteiger partial charge on any atom is 0.135 e. The van der Waals surface area contributed by atoms with Gasteiger partial charge in [-0.2, -0.15) is 0 Å². The number of rotatable bonds is 5. The minimum atomic E-state index is 0.510. The van der Waals surface area contributed by atoms with E-state index in [0.29, 0.717) is 5.71 Å². The zero-order valence-electron chi connectivity index (χ0n) is 11.4. The standard InChI is InChI=1S/C16H19N3/c1-3-9-18-16-14(8-5-10-19-16)15(17)13-7-4-6-12(2)11-13/h4-8,10-11,17H,3,9H2,1-2H3,(H,18,19). The Morgan fingerprint density at radius 1 is 1.26 bits per heavy atom. The predicted molar refractivity (Wildman–Crippen MR) is 80.1 cm³/mol. The summed E-state index contributed by atoms with van der Waals surface area (Å²) >= 11 is 0. The number of pyridine rings is 1. The molecule has 0 amide bonds. The van der Waals surface area contributed by atoms with Crippen LogP contribution in [0.25, 0.3) is 0 Å². The van der Waals surface area contributed by atoms with Crippen LogP contribution in [0.3, 0.4) is 0 Å². The summed E-state index contributed by atoms with van der Waals surface area (Å²) in [4.78, 5) is 4.33. The van der Waals surface area contributed by atoms with E-state index < -0.39 is 0 Å². The molecular formula is C16H19N3. The number of nitrogens with zero attached hydrogens (tertiary/aromatic N) is 1. The molecule has 1 aromatic heterocycles. The second-order valence-electron chi connectivity index (χ2n) is 4.57. The Morgan fingerprint density at radius 2 is 2.11 bits per heavy atom.